The van der Waals surface area contributed by atoms with Crippen LogP contribution in [0, 0.1) is 17.0 Å². The normalized spacial score (nSPS) is 12.8. The molecule has 1 rings (SSSR count). The van der Waals surface area contributed by atoms with E-state index in [0.29, 0.717) is 11.1 Å². The quantitative estimate of drug-likeness (QED) is 0.640. The summed E-state index contributed by atoms with van der Waals surface area (Å²) in [4.78, 5) is 10.3. The van der Waals surface area contributed by atoms with Gasteiger partial charge in [0.2, 0.25) is 0 Å². The van der Waals surface area contributed by atoms with E-state index in [1.807, 2.05) is 0 Å². The Morgan fingerprint density at radius 1 is 1.47 bits per heavy atom. The van der Waals surface area contributed by atoms with Crippen LogP contribution in [0.1, 0.15) is 24.1 Å². The maximum Gasteiger partial charge on any atom is 0.272 e. The second-order valence-electron chi connectivity index (χ2n) is 3.82. The molecule has 0 aliphatic heterocycles. The van der Waals surface area contributed by atoms with E-state index in [9.17, 15) is 18.9 Å². The van der Waals surface area contributed by atoms with E-state index in [4.69, 9.17) is 0 Å². The second kappa shape index (κ2) is 5.67. The van der Waals surface area contributed by atoms with Gasteiger partial charge in [0.25, 0.3) is 12.1 Å². The van der Waals surface area contributed by atoms with Gasteiger partial charge in [-0.3, -0.25) is 10.1 Å². The number of nitro benzene ring substituents is 1. The van der Waals surface area contributed by atoms with Gasteiger partial charge < -0.3 is 5.32 Å². The maximum absolute atomic E-state index is 12.0. The molecule has 1 aromatic rings. The van der Waals surface area contributed by atoms with Crippen molar-refractivity contribution in [1.29, 1.82) is 0 Å². The zero-order valence-electron chi connectivity index (χ0n) is 9.61. The van der Waals surface area contributed by atoms with Crippen molar-refractivity contribution in [3.8, 4) is 0 Å². The molecule has 0 aliphatic rings. The van der Waals surface area contributed by atoms with Crippen LogP contribution in [0.5, 0.6) is 0 Å². The van der Waals surface area contributed by atoms with E-state index < -0.39 is 17.9 Å². The standard InChI is InChI=1S/C11H14F2N2O2/c1-7-3-4-9(5-10(7)15(16)17)8(2)14-6-11(12)13/h3-5,8,11,14H,6H2,1-2H3. The fourth-order valence-corrected chi connectivity index (χ4v) is 1.48. The molecule has 0 saturated carbocycles. The largest absolute Gasteiger partial charge is 0.305 e. The average molecular weight is 244 g/mol. The Kier molecular flexibility index (Phi) is 4.51. The van der Waals surface area contributed by atoms with Crippen molar-refractivity contribution in [2.75, 3.05) is 6.54 Å². The molecule has 6 heteroatoms. The molecule has 0 saturated heterocycles. The third-order valence-corrected chi connectivity index (χ3v) is 2.51. The number of rotatable bonds is 5. The summed E-state index contributed by atoms with van der Waals surface area (Å²) < 4.78 is 24.0. The Morgan fingerprint density at radius 3 is 2.65 bits per heavy atom. The van der Waals surface area contributed by atoms with Crippen molar-refractivity contribution in [3.63, 3.8) is 0 Å². The number of halogens is 2. The van der Waals surface area contributed by atoms with Crippen LogP contribution in [-0.4, -0.2) is 17.9 Å². The third kappa shape index (κ3) is 3.74. The van der Waals surface area contributed by atoms with Crippen molar-refractivity contribution in [3.05, 3.63) is 39.4 Å². The van der Waals surface area contributed by atoms with E-state index in [0.717, 1.165) is 0 Å². The van der Waals surface area contributed by atoms with Crippen LogP contribution in [0.3, 0.4) is 0 Å². The molecule has 1 unspecified atom stereocenters. The maximum atomic E-state index is 12.0. The van der Waals surface area contributed by atoms with Crippen molar-refractivity contribution in [2.45, 2.75) is 26.3 Å². The topological polar surface area (TPSA) is 55.2 Å². The smallest absolute Gasteiger partial charge is 0.272 e. The molecule has 0 aromatic heterocycles. The Morgan fingerprint density at radius 2 is 2.12 bits per heavy atom. The van der Waals surface area contributed by atoms with Gasteiger partial charge in [0.05, 0.1) is 11.5 Å². The molecule has 0 radical (unpaired) electrons. The Labute approximate surface area is 97.8 Å². The molecule has 0 fully saturated rings. The van der Waals surface area contributed by atoms with Crippen LogP contribution in [0.4, 0.5) is 14.5 Å². The highest BCUT2D eigenvalue weighted by Gasteiger charge is 2.15. The monoisotopic (exact) mass is 244 g/mol. The van der Waals surface area contributed by atoms with E-state index in [2.05, 4.69) is 5.32 Å². The number of nitrogens with one attached hydrogen (secondary N) is 1. The lowest BCUT2D eigenvalue weighted by molar-refractivity contribution is -0.385. The molecule has 4 nitrogen and oxygen atoms in total. The van der Waals surface area contributed by atoms with Gasteiger partial charge >= 0.3 is 0 Å². The highest BCUT2D eigenvalue weighted by atomic mass is 19.3. The summed E-state index contributed by atoms with van der Waals surface area (Å²) in [6, 6.07) is 4.39. The molecule has 0 spiro atoms. The molecular weight excluding hydrogens is 230 g/mol. The van der Waals surface area contributed by atoms with Crippen molar-refractivity contribution in [1.82, 2.24) is 5.32 Å². The van der Waals surface area contributed by atoms with Crippen molar-refractivity contribution in [2.24, 2.45) is 0 Å². The number of hydrogen-bond donors (Lipinski definition) is 1. The molecule has 1 atom stereocenters. The van der Waals surface area contributed by atoms with Crippen molar-refractivity contribution < 1.29 is 13.7 Å². The number of alkyl halides is 2. The lowest BCUT2D eigenvalue weighted by Crippen LogP contribution is -2.24. The van der Waals surface area contributed by atoms with Crippen molar-refractivity contribution >= 4 is 5.69 Å². The van der Waals surface area contributed by atoms with Gasteiger partial charge in [-0.15, -0.1) is 0 Å². The number of hydrogen-bond acceptors (Lipinski definition) is 3. The van der Waals surface area contributed by atoms with Crippen LogP contribution in [0.25, 0.3) is 0 Å². The first-order valence-corrected chi connectivity index (χ1v) is 5.18. The van der Waals surface area contributed by atoms with Crippen LogP contribution in [0.2, 0.25) is 0 Å². The molecule has 0 amide bonds. The molecule has 0 aliphatic carbocycles. The highest BCUT2D eigenvalue weighted by molar-refractivity contribution is 5.43. The molecule has 94 valence electrons. The fourth-order valence-electron chi connectivity index (χ4n) is 1.48. The average Bonchev–Trinajstić information content (AvgIpc) is 2.26. The van der Waals surface area contributed by atoms with E-state index in [1.165, 1.54) is 6.07 Å². The summed E-state index contributed by atoms with van der Waals surface area (Å²) in [5, 5.41) is 13.3. The SMILES string of the molecule is Cc1ccc(C(C)NCC(F)F)cc1[N+](=O)[O-]. The van der Waals surface area contributed by atoms with Crippen LogP contribution in [-0.2, 0) is 0 Å². The lowest BCUT2D eigenvalue weighted by Gasteiger charge is -2.14. The minimum Gasteiger partial charge on any atom is -0.305 e. The first-order valence-electron chi connectivity index (χ1n) is 5.18. The minimum absolute atomic E-state index is 0.00759. The Bertz CT molecular complexity index is 410. The summed E-state index contributed by atoms with van der Waals surface area (Å²) >= 11 is 0. The van der Waals surface area contributed by atoms with Gasteiger partial charge in [-0.05, 0) is 19.4 Å². The van der Waals surface area contributed by atoms with Gasteiger partial charge in [-0.2, -0.15) is 0 Å². The van der Waals surface area contributed by atoms with E-state index >= 15 is 0 Å². The number of benzene rings is 1. The lowest BCUT2D eigenvalue weighted by atomic mass is 10.0. The summed E-state index contributed by atoms with van der Waals surface area (Å²) in [5.74, 6) is 0. The van der Waals surface area contributed by atoms with Crippen LogP contribution in [0.15, 0.2) is 18.2 Å². The van der Waals surface area contributed by atoms with Gasteiger partial charge in [-0.1, -0.05) is 12.1 Å². The first-order chi connectivity index (χ1) is 7.91. The predicted octanol–water partition coefficient (Wildman–Crippen LogP) is 2.82. The number of nitrogens with zero attached hydrogens (tertiary/aromatic N) is 1. The molecular formula is C11H14F2N2O2. The van der Waals surface area contributed by atoms with Gasteiger partial charge in [0, 0.05) is 17.7 Å². The summed E-state index contributed by atoms with van der Waals surface area (Å²) in [6.07, 6.45) is -2.43. The zero-order chi connectivity index (χ0) is 13.0. The fraction of sp³-hybridized carbons (Fsp3) is 0.455. The molecule has 17 heavy (non-hydrogen) atoms. The third-order valence-electron chi connectivity index (χ3n) is 2.51. The minimum atomic E-state index is -2.43. The zero-order valence-corrected chi connectivity index (χ0v) is 9.61. The summed E-state index contributed by atoms with van der Waals surface area (Å²) in [7, 11) is 0. The molecule has 0 heterocycles. The van der Waals surface area contributed by atoms with E-state index in [-0.39, 0.29) is 11.7 Å². The highest BCUT2D eigenvalue weighted by Crippen LogP contribution is 2.23. The summed E-state index contributed by atoms with van der Waals surface area (Å²) in [5.41, 5.74) is 1.19. The van der Waals surface area contributed by atoms with Crippen LogP contribution >= 0.6 is 0 Å². The number of nitro groups is 1. The Hall–Kier alpha value is -1.56. The Balaban J connectivity index is 2.84. The molecule has 1 N–H and O–H groups in total. The van der Waals surface area contributed by atoms with Gasteiger partial charge in [0.15, 0.2) is 0 Å². The first kappa shape index (κ1) is 13.5. The predicted molar refractivity (Wildman–Crippen MR) is 60.3 cm³/mol. The van der Waals surface area contributed by atoms with Gasteiger partial charge in [-0.25, -0.2) is 8.78 Å². The van der Waals surface area contributed by atoms with E-state index in [1.54, 1.807) is 26.0 Å². The van der Waals surface area contributed by atoms with Crippen LogP contribution < -0.4 is 5.32 Å². The molecule has 0 bridgehead atoms. The second-order valence-corrected chi connectivity index (χ2v) is 3.82. The van der Waals surface area contributed by atoms with Gasteiger partial charge in [0.1, 0.15) is 0 Å². The molecule has 1 aromatic carbocycles. The number of aryl methyl sites for hydroxylation is 1. The summed E-state index contributed by atoms with van der Waals surface area (Å²) in [6.45, 7) is 2.90.